The van der Waals surface area contributed by atoms with Crippen molar-refractivity contribution in [1.29, 1.82) is 0 Å². The molecule has 3 nitrogen and oxygen atoms in total. The van der Waals surface area contributed by atoms with E-state index in [9.17, 15) is 9.18 Å². The smallest absolute Gasteiger partial charge is 0.228 e. The van der Waals surface area contributed by atoms with Gasteiger partial charge in [0.1, 0.15) is 5.82 Å². The minimum atomic E-state index is -0.436. The van der Waals surface area contributed by atoms with Crippen LogP contribution in [0.15, 0.2) is 67.0 Å². The fourth-order valence-corrected chi connectivity index (χ4v) is 2.03. The van der Waals surface area contributed by atoms with Crippen molar-refractivity contribution in [2.24, 2.45) is 0 Å². The molecule has 0 aliphatic rings. The van der Waals surface area contributed by atoms with E-state index < -0.39 is 5.82 Å². The number of para-hydroxylation sites is 1. The van der Waals surface area contributed by atoms with Crippen LogP contribution in [0.1, 0.15) is 16.2 Å². The summed E-state index contributed by atoms with van der Waals surface area (Å²) in [5, 5.41) is 0. The molecule has 0 saturated carbocycles. The molecule has 0 unspecified atom stereocenters. The molecule has 0 saturated heterocycles. The van der Waals surface area contributed by atoms with Gasteiger partial charge in [-0.1, -0.05) is 30.3 Å². The first-order chi connectivity index (χ1) is 9.75. The second kappa shape index (κ2) is 5.09. The largest absolute Gasteiger partial charge is 0.297 e. The van der Waals surface area contributed by atoms with Crippen molar-refractivity contribution in [2.75, 3.05) is 0 Å². The third kappa shape index (κ3) is 2.23. The van der Waals surface area contributed by atoms with Gasteiger partial charge in [-0.15, -0.1) is 0 Å². The first-order valence-corrected chi connectivity index (χ1v) is 6.15. The van der Waals surface area contributed by atoms with Crippen molar-refractivity contribution in [1.82, 2.24) is 9.55 Å². The molecule has 3 rings (SSSR count). The highest BCUT2D eigenvalue weighted by Gasteiger charge is 2.16. The topological polar surface area (TPSA) is 34.9 Å². The van der Waals surface area contributed by atoms with E-state index in [2.05, 4.69) is 4.98 Å². The first-order valence-electron chi connectivity index (χ1n) is 6.15. The third-order valence-corrected chi connectivity index (χ3v) is 2.97. The summed E-state index contributed by atoms with van der Waals surface area (Å²) in [4.78, 5) is 16.5. The number of hydrogen-bond donors (Lipinski definition) is 0. The summed E-state index contributed by atoms with van der Waals surface area (Å²) in [6, 6.07) is 15.0. The van der Waals surface area contributed by atoms with Crippen molar-refractivity contribution in [2.45, 2.75) is 0 Å². The van der Waals surface area contributed by atoms with E-state index in [0.717, 1.165) is 5.69 Å². The van der Waals surface area contributed by atoms with Crippen LogP contribution in [0.5, 0.6) is 0 Å². The molecule has 0 aliphatic heterocycles. The number of carbonyl (C=O) groups excluding carboxylic acids is 1. The van der Waals surface area contributed by atoms with Crippen LogP contribution in [0.2, 0.25) is 0 Å². The second-order valence-corrected chi connectivity index (χ2v) is 4.30. The van der Waals surface area contributed by atoms with Crippen LogP contribution in [0.25, 0.3) is 5.69 Å². The number of nitrogens with zero attached hydrogens (tertiary/aromatic N) is 2. The molecule has 0 N–H and O–H groups in total. The molecule has 4 heteroatoms. The summed E-state index contributed by atoms with van der Waals surface area (Å²) < 4.78 is 14.9. The van der Waals surface area contributed by atoms with Crippen molar-refractivity contribution in [3.05, 3.63) is 84.2 Å². The van der Waals surface area contributed by atoms with Crippen LogP contribution in [0.4, 0.5) is 4.39 Å². The van der Waals surface area contributed by atoms with E-state index in [1.165, 1.54) is 18.2 Å². The molecule has 2 aromatic carbocycles. The number of benzene rings is 2. The molecular weight excluding hydrogens is 255 g/mol. The maximum absolute atomic E-state index is 13.2. The van der Waals surface area contributed by atoms with Gasteiger partial charge in [0, 0.05) is 23.6 Å². The van der Waals surface area contributed by atoms with Gasteiger partial charge < -0.3 is 0 Å². The fraction of sp³-hybridized carbons (Fsp3) is 0. The summed E-state index contributed by atoms with van der Waals surface area (Å²) in [5.74, 6) is -0.478. The maximum Gasteiger partial charge on any atom is 0.228 e. The molecule has 3 aromatic rings. The lowest BCUT2D eigenvalue weighted by molar-refractivity contribution is 0.102. The zero-order valence-electron chi connectivity index (χ0n) is 10.5. The van der Waals surface area contributed by atoms with Gasteiger partial charge in [-0.3, -0.25) is 9.36 Å². The normalized spacial score (nSPS) is 10.4. The summed E-state index contributed by atoms with van der Waals surface area (Å²) in [6.07, 6.45) is 3.27. The highest BCUT2D eigenvalue weighted by molar-refractivity contribution is 6.07. The van der Waals surface area contributed by atoms with E-state index in [0.29, 0.717) is 0 Å². The molecule has 0 spiro atoms. The number of imidazole rings is 1. The SMILES string of the molecule is O=C(c1cccc(F)c1)c1nccn1-c1ccccc1. The zero-order chi connectivity index (χ0) is 13.9. The Morgan fingerprint density at radius 2 is 1.85 bits per heavy atom. The van der Waals surface area contributed by atoms with Gasteiger partial charge in [0.25, 0.3) is 0 Å². The third-order valence-electron chi connectivity index (χ3n) is 2.97. The highest BCUT2D eigenvalue weighted by atomic mass is 19.1. The van der Waals surface area contributed by atoms with E-state index in [1.807, 2.05) is 30.3 Å². The van der Waals surface area contributed by atoms with Crippen molar-refractivity contribution in [3.8, 4) is 5.69 Å². The number of carbonyl (C=O) groups is 1. The number of rotatable bonds is 3. The summed E-state index contributed by atoms with van der Waals surface area (Å²) in [7, 11) is 0. The molecular formula is C16H11FN2O. The Morgan fingerprint density at radius 1 is 1.05 bits per heavy atom. The molecule has 0 bridgehead atoms. The average Bonchev–Trinajstić information content (AvgIpc) is 2.97. The second-order valence-electron chi connectivity index (χ2n) is 4.30. The van der Waals surface area contributed by atoms with Crippen LogP contribution in [-0.2, 0) is 0 Å². The van der Waals surface area contributed by atoms with E-state index in [1.54, 1.807) is 23.0 Å². The standard InChI is InChI=1S/C16H11FN2O/c17-13-6-4-5-12(11-13)15(20)16-18-9-10-19(16)14-7-2-1-3-8-14/h1-11H. The highest BCUT2D eigenvalue weighted by Crippen LogP contribution is 2.14. The molecule has 0 atom stereocenters. The molecule has 0 fully saturated rings. The number of halogens is 1. The van der Waals surface area contributed by atoms with Gasteiger partial charge in [0.15, 0.2) is 5.82 Å². The Balaban J connectivity index is 2.04. The number of aromatic nitrogens is 2. The van der Waals surface area contributed by atoms with Gasteiger partial charge in [-0.25, -0.2) is 9.37 Å². The van der Waals surface area contributed by atoms with Gasteiger partial charge in [-0.2, -0.15) is 0 Å². The van der Waals surface area contributed by atoms with Crippen LogP contribution >= 0.6 is 0 Å². The Hall–Kier alpha value is -2.75. The molecule has 1 heterocycles. The predicted molar refractivity (Wildman–Crippen MR) is 73.4 cm³/mol. The predicted octanol–water partition coefficient (Wildman–Crippen LogP) is 3.24. The van der Waals surface area contributed by atoms with Gasteiger partial charge in [-0.05, 0) is 24.3 Å². The average molecular weight is 266 g/mol. The number of ketones is 1. The van der Waals surface area contributed by atoms with Crippen LogP contribution in [0, 0.1) is 5.82 Å². The Kier molecular flexibility index (Phi) is 3.13. The lowest BCUT2D eigenvalue weighted by Crippen LogP contribution is -2.10. The molecule has 0 radical (unpaired) electrons. The zero-order valence-corrected chi connectivity index (χ0v) is 10.5. The molecule has 0 amide bonds. The lowest BCUT2D eigenvalue weighted by Gasteiger charge is -2.07. The van der Waals surface area contributed by atoms with Crippen LogP contribution in [-0.4, -0.2) is 15.3 Å². The lowest BCUT2D eigenvalue weighted by atomic mass is 10.1. The minimum absolute atomic E-state index is 0.266. The van der Waals surface area contributed by atoms with Crippen molar-refractivity contribution in [3.63, 3.8) is 0 Å². The Labute approximate surface area is 115 Å². The Morgan fingerprint density at radius 3 is 2.60 bits per heavy atom. The maximum atomic E-state index is 13.2. The molecule has 20 heavy (non-hydrogen) atoms. The first kappa shape index (κ1) is 12.3. The van der Waals surface area contributed by atoms with Crippen LogP contribution in [0.3, 0.4) is 0 Å². The molecule has 0 aliphatic carbocycles. The minimum Gasteiger partial charge on any atom is -0.297 e. The van der Waals surface area contributed by atoms with E-state index >= 15 is 0 Å². The fourth-order valence-electron chi connectivity index (χ4n) is 2.03. The monoisotopic (exact) mass is 266 g/mol. The summed E-state index contributed by atoms with van der Waals surface area (Å²) >= 11 is 0. The Bertz CT molecular complexity index is 750. The van der Waals surface area contributed by atoms with Gasteiger partial charge in [0.2, 0.25) is 5.78 Å². The van der Waals surface area contributed by atoms with E-state index in [-0.39, 0.29) is 17.2 Å². The number of hydrogen-bond acceptors (Lipinski definition) is 2. The molecule has 1 aromatic heterocycles. The summed E-state index contributed by atoms with van der Waals surface area (Å²) in [5.41, 5.74) is 1.12. The van der Waals surface area contributed by atoms with Gasteiger partial charge >= 0.3 is 0 Å². The van der Waals surface area contributed by atoms with Gasteiger partial charge in [0.05, 0.1) is 0 Å². The van der Waals surface area contributed by atoms with Crippen LogP contribution < -0.4 is 0 Å². The van der Waals surface area contributed by atoms with Crippen molar-refractivity contribution >= 4 is 5.78 Å². The molecule has 98 valence electrons. The van der Waals surface area contributed by atoms with Crippen molar-refractivity contribution < 1.29 is 9.18 Å². The quantitative estimate of drug-likeness (QED) is 0.682. The van der Waals surface area contributed by atoms with E-state index in [4.69, 9.17) is 0 Å². The summed E-state index contributed by atoms with van der Waals surface area (Å²) in [6.45, 7) is 0.